The predicted octanol–water partition coefficient (Wildman–Crippen LogP) is 4.43. The highest BCUT2D eigenvalue weighted by Crippen LogP contribution is 2.32. The molecule has 1 saturated heterocycles. The van der Waals surface area contributed by atoms with Gasteiger partial charge in [0.05, 0.1) is 12.5 Å². The highest BCUT2D eigenvalue weighted by atomic mass is 35.5. The van der Waals surface area contributed by atoms with Gasteiger partial charge < -0.3 is 15.2 Å². The number of carbonyl (C=O) groups excluding carboxylic acids is 2. The Balaban J connectivity index is 1.54. The number of nitrogens with zero attached hydrogens (tertiary/aromatic N) is 1. The van der Waals surface area contributed by atoms with Crippen molar-refractivity contribution in [3.63, 3.8) is 0 Å². The van der Waals surface area contributed by atoms with E-state index in [1.165, 1.54) is 24.4 Å². The Morgan fingerprint density at radius 1 is 1.06 bits per heavy atom. The first-order chi connectivity index (χ1) is 15.7. The minimum Gasteiger partial charge on any atom is -0.332 e. The number of amides is 2. The molecule has 6 nitrogen and oxygen atoms in total. The second-order valence-corrected chi connectivity index (χ2v) is 8.40. The molecule has 0 spiro atoms. The Labute approximate surface area is 193 Å². The number of aromatic amines is 1. The summed E-state index contributed by atoms with van der Waals surface area (Å²) >= 11 is 5.91. The minimum absolute atomic E-state index is 0.143. The molecule has 3 aromatic rings. The van der Waals surface area contributed by atoms with Gasteiger partial charge in [0.25, 0.3) is 11.8 Å². The number of piperidine rings is 1. The molecule has 1 fully saturated rings. The summed E-state index contributed by atoms with van der Waals surface area (Å²) in [7, 11) is 0. The number of alkyl halides is 2. The first-order valence-electron chi connectivity index (χ1n) is 10.2. The molecule has 1 aliphatic rings. The molecule has 0 radical (unpaired) electrons. The van der Waals surface area contributed by atoms with Crippen LogP contribution >= 0.6 is 11.6 Å². The maximum absolute atomic E-state index is 14.5. The van der Waals surface area contributed by atoms with Gasteiger partial charge in [-0.15, -0.1) is 0 Å². The van der Waals surface area contributed by atoms with Crippen LogP contribution < -0.4 is 10.9 Å². The van der Waals surface area contributed by atoms with E-state index in [4.69, 9.17) is 11.6 Å². The van der Waals surface area contributed by atoms with Gasteiger partial charge in [0, 0.05) is 41.5 Å². The molecular weight excluding hydrogens is 452 g/mol. The molecule has 2 amide bonds. The minimum atomic E-state index is -3.21. The van der Waals surface area contributed by atoms with Crippen LogP contribution in [0.4, 0.5) is 14.5 Å². The number of nitrogens with one attached hydrogen (secondary N) is 2. The van der Waals surface area contributed by atoms with Crippen LogP contribution in [-0.2, 0) is 4.79 Å². The zero-order chi connectivity index (χ0) is 23.6. The van der Waals surface area contributed by atoms with Gasteiger partial charge in [0.2, 0.25) is 11.5 Å². The zero-order valence-corrected chi connectivity index (χ0v) is 18.1. The number of rotatable bonds is 4. The van der Waals surface area contributed by atoms with E-state index < -0.39 is 36.6 Å². The Morgan fingerprint density at radius 2 is 1.82 bits per heavy atom. The Hall–Kier alpha value is -3.52. The third-order valence-corrected chi connectivity index (χ3v) is 5.61. The molecule has 0 bridgehead atoms. The fourth-order valence-electron chi connectivity index (χ4n) is 3.88. The lowest BCUT2D eigenvalue weighted by molar-refractivity contribution is -0.130. The quantitative estimate of drug-likeness (QED) is 0.590. The summed E-state index contributed by atoms with van der Waals surface area (Å²) in [4.78, 5) is 40.9. The smallest absolute Gasteiger partial charge is 0.266 e. The third kappa shape index (κ3) is 5.46. The summed E-state index contributed by atoms with van der Waals surface area (Å²) in [5.74, 6) is -5.52. The van der Waals surface area contributed by atoms with Crippen LogP contribution in [0.25, 0.3) is 11.1 Å². The Bertz CT molecular complexity index is 1260. The topological polar surface area (TPSA) is 82.3 Å². The van der Waals surface area contributed by atoms with E-state index in [0.717, 1.165) is 4.90 Å². The molecule has 9 heteroatoms. The van der Waals surface area contributed by atoms with Crippen molar-refractivity contribution in [2.45, 2.75) is 12.3 Å². The summed E-state index contributed by atoms with van der Waals surface area (Å²) in [6.07, 6.45) is 0.830. The number of pyridine rings is 1. The SMILES string of the molecule is O=C(Nc1cccc(Cl)c1)C1CN(C(=O)c2cccc(-c3cc[nH]c(=O)c3)c2)CC(F)(F)C1. The van der Waals surface area contributed by atoms with Crippen LogP contribution in [-0.4, -0.2) is 40.7 Å². The largest absolute Gasteiger partial charge is 0.332 e. The van der Waals surface area contributed by atoms with E-state index in [0.29, 0.717) is 21.8 Å². The van der Waals surface area contributed by atoms with Crippen molar-refractivity contribution in [3.05, 3.63) is 87.8 Å². The highest BCUT2D eigenvalue weighted by molar-refractivity contribution is 6.30. The van der Waals surface area contributed by atoms with Gasteiger partial charge in [-0.25, -0.2) is 8.78 Å². The van der Waals surface area contributed by atoms with E-state index >= 15 is 0 Å². The molecule has 2 N–H and O–H groups in total. The fraction of sp³-hybridized carbons (Fsp3) is 0.208. The summed E-state index contributed by atoms with van der Waals surface area (Å²) < 4.78 is 29.0. The van der Waals surface area contributed by atoms with E-state index in [1.54, 1.807) is 42.5 Å². The second kappa shape index (κ2) is 9.15. The number of hydrogen-bond acceptors (Lipinski definition) is 3. The molecular formula is C24H20ClF2N3O3. The van der Waals surface area contributed by atoms with Gasteiger partial charge >= 0.3 is 0 Å². The van der Waals surface area contributed by atoms with Gasteiger partial charge in [-0.3, -0.25) is 14.4 Å². The van der Waals surface area contributed by atoms with Gasteiger partial charge in [0.15, 0.2) is 0 Å². The van der Waals surface area contributed by atoms with Crippen molar-refractivity contribution in [2.75, 3.05) is 18.4 Å². The monoisotopic (exact) mass is 471 g/mol. The number of anilines is 1. The van der Waals surface area contributed by atoms with Gasteiger partial charge in [0.1, 0.15) is 0 Å². The maximum atomic E-state index is 14.5. The van der Waals surface area contributed by atoms with Crippen LogP contribution in [0.2, 0.25) is 5.02 Å². The van der Waals surface area contributed by atoms with Crippen molar-refractivity contribution < 1.29 is 18.4 Å². The molecule has 1 aliphatic heterocycles. The molecule has 0 aliphatic carbocycles. The van der Waals surface area contributed by atoms with E-state index in [-0.39, 0.29) is 17.7 Å². The number of hydrogen-bond donors (Lipinski definition) is 2. The lowest BCUT2D eigenvalue weighted by Gasteiger charge is -2.37. The molecule has 33 heavy (non-hydrogen) atoms. The molecule has 1 atom stereocenters. The lowest BCUT2D eigenvalue weighted by atomic mass is 9.93. The van der Waals surface area contributed by atoms with Crippen LogP contribution in [0.15, 0.2) is 71.7 Å². The number of likely N-dealkylation sites (tertiary alicyclic amines) is 1. The van der Waals surface area contributed by atoms with E-state index in [9.17, 15) is 23.2 Å². The van der Waals surface area contributed by atoms with Gasteiger partial charge in [-0.05, 0) is 47.5 Å². The van der Waals surface area contributed by atoms with Crippen LogP contribution in [0.5, 0.6) is 0 Å². The summed E-state index contributed by atoms with van der Waals surface area (Å²) in [6.45, 7) is -0.919. The van der Waals surface area contributed by atoms with Crippen molar-refractivity contribution >= 4 is 29.1 Å². The Kier molecular flexibility index (Phi) is 6.29. The standard InChI is InChI=1S/C24H20ClF2N3O3/c25-19-5-2-6-20(11-19)29-22(32)18-12-24(26,27)14-30(13-18)23(33)17-4-1-3-15(9-17)16-7-8-28-21(31)10-16/h1-11,18H,12-14H2,(H,28,31)(H,29,32). The Morgan fingerprint density at radius 3 is 2.58 bits per heavy atom. The molecule has 1 aromatic heterocycles. The first kappa shape index (κ1) is 22.7. The second-order valence-electron chi connectivity index (χ2n) is 7.96. The molecule has 1 unspecified atom stereocenters. The number of aromatic nitrogens is 1. The van der Waals surface area contributed by atoms with Crippen LogP contribution in [0.1, 0.15) is 16.8 Å². The summed E-state index contributed by atoms with van der Waals surface area (Å²) in [5, 5.41) is 3.00. The molecule has 2 aromatic carbocycles. The number of H-pyrrole nitrogens is 1. The van der Waals surface area contributed by atoms with Crippen molar-refractivity contribution in [1.29, 1.82) is 0 Å². The van der Waals surface area contributed by atoms with Crippen LogP contribution in [0.3, 0.4) is 0 Å². The highest BCUT2D eigenvalue weighted by Gasteiger charge is 2.44. The van der Waals surface area contributed by atoms with Gasteiger partial charge in [-0.1, -0.05) is 29.8 Å². The summed E-state index contributed by atoms with van der Waals surface area (Å²) in [5.41, 5.74) is 1.49. The number of benzene rings is 2. The van der Waals surface area contributed by atoms with E-state index in [1.807, 2.05) is 0 Å². The molecule has 4 rings (SSSR count). The van der Waals surface area contributed by atoms with Crippen molar-refractivity contribution in [2.24, 2.45) is 5.92 Å². The lowest BCUT2D eigenvalue weighted by Crippen LogP contribution is -2.52. The average molecular weight is 472 g/mol. The average Bonchev–Trinajstić information content (AvgIpc) is 2.77. The third-order valence-electron chi connectivity index (χ3n) is 5.38. The maximum Gasteiger partial charge on any atom is 0.266 e. The van der Waals surface area contributed by atoms with E-state index in [2.05, 4.69) is 10.3 Å². The van der Waals surface area contributed by atoms with Crippen LogP contribution in [0, 0.1) is 5.92 Å². The molecule has 170 valence electrons. The summed E-state index contributed by atoms with van der Waals surface area (Å²) in [6, 6.07) is 15.9. The number of carbonyl (C=O) groups is 2. The normalized spacial score (nSPS) is 17.4. The molecule has 2 heterocycles. The van der Waals surface area contributed by atoms with Crippen molar-refractivity contribution in [3.8, 4) is 11.1 Å². The predicted molar refractivity (Wildman–Crippen MR) is 122 cm³/mol. The number of halogens is 3. The fourth-order valence-corrected chi connectivity index (χ4v) is 4.07. The molecule has 0 saturated carbocycles. The zero-order valence-electron chi connectivity index (χ0n) is 17.4. The first-order valence-corrected chi connectivity index (χ1v) is 10.6. The van der Waals surface area contributed by atoms with Gasteiger partial charge in [-0.2, -0.15) is 0 Å². The van der Waals surface area contributed by atoms with Crippen molar-refractivity contribution in [1.82, 2.24) is 9.88 Å².